The molecule has 41 heavy (non-hydrogen) atoms. The molecule has 10 unspecified atom stereocenters. The van der Waals surface area contributed by atoms with Crippen molar-refractivity contribution in [3.63, 3.8) is 0 Å². The number of phenols is 1. The van der Waals surface area contributed by atoms with Gasteiger partial charge in [0.25, 0.3) is 0 Å². The summed E-state index contributed by atoms with van der Waals surface area (Å²) in [5.41, 5.74) is 2.10. The predicted octanol–water partition coefficient (Wildman–Crippen LogP) is -0.314. The minimum atomic E-state index is -1.67. The molecule has 1 aromatic carbocycles. The Labute approximate surface area is 235 Å². The first-order valence-electron chi connectivity index (χ1n) is 13.5. The smallest absolute Gasteiger partial charge is 0.310 e. The molecule has 0 spiro atoms. The molecule has 5 rings (SSSR count). The summed E-state index contributed by atoms with van der Waals surface area (Å²) in [6.07, 6.45) is -7.68. The van der Waals surface area contributed by atoms with Crippen molar-refractivity contribution in [2.45, 2.75) is 69.6 Å². The van der Waals surface area contributed by atoms with Gasteiger partial charge in [-0.05, 0) is 42.7 Å². The Kier molecular flexibility index (Phi) is 8.33. The molecule has 10 atom stereocenters. The Bertz CT molecular complexity index is 1250. The summed E-state index contributed by atoms with van der Waals surface area (Å²) in [6.45, 7) is 2.53. The van der Waals surface area contributed by atoms with Crippen LogP contribution in [0.4, 0.5) is 0 Å². The maximum atomic E-state index is 13.1. The zero-order valence-electron chi connectivity index (χ0n) is 22.6. The molecule has 12 nitrogen and oxygen atoms in total. The van der Waals surface area contributed by atoms with E-state index in [1.165, 1.54) is 30.3 Å². The fraction of sp³-hybridized carbons (Fsp3) is 0.552. The van der Waals surface area contributed by atoms with Crippen molar-refractivity contribution < 1.29 is 58.9 Å². The second-order valence-electron chi connectivity index (χ2n) is 11.1. The van der Waals surface area contributed by atoms with E-state index in [0.717, 1.165) is 0 Å². The van der Waals surface area contributed by atoms with Gasteiger partial charge in [-0.2, -0.15) is 0 Å². The van der Waals surface area contributed by atoms with Crippen LogP contribution < -0.4 is 0 Å². The third kappa shape index (κ3) is 5.55. The molecule has 2 aliphatic heterocycles. The van der Waals surface area contributed by atoms with Gasteiger partial charge in [0, 0.05) is 17.4 Å². The molecule has 222 valence electrons. The van der Waals surface area contributed by atoms with Gasteiger partial charge < -0.3 is 44.5 Å². The molecular formula is C29H34O12. The predicted molar refractivity (Wildman–Crippen MR) is 138 cm³/mol. The number of ether oxygens (including phenoxy) is 4. The number of allylic oxidation sites excluding steroid dienone is 1. The second-order valence-corrected chi connectivity index (χ2v) is 11.1. The van der Waals surface area contributed by atoms with E-state index in [9.17, 15) is 39.9 Å². The van der Waals surface area contributed by atoms with E-state index >= 15 is 0 Å². The molecule has 5 N–H and O–H groups in total. The van der Waals surface area contributed by atoms with Crippen LogP contribution in [0.2, 0.25) is 0 Å². The lowest BCUT2D eigenvalue weighted by Crippen LogP contribution is -2.60. The Morgan fingerprint density at radius 1 is 1.10 bits per heavy atom. The molecule has 2 saturated heterocycles. The Morgan fingerprint density at radius 2 is 1.80 bits per heavy atom. The number of fused-ring (bicyclic) bond motifs is 3. The summed E-state index contributed by atoms with van der Waals surface area (Å²) in [5.74, 6) is -3.27. The maximum absolute atomic E-state index is 13.1. The first-order valence-corrected chi connectivity index (χ1v) is 13.5. The first-order chi connectivity index (χ1) is 19.5. The quantitative estimate of drug-likeness (QED) is 0.268. The number of esters is 2. The van der Waals surface area contributed by atoms with Crippen molar-refractivity contribution in [2.75, 3.05) is 13.2 Å². The van der Waals surface area contributed by atoms with Crippen molar-refractivity contribution in [3.05, 3.63) is 52.6 Å². The lowest BCUT2D eigenvalue weighted by Gasteiger charge is -2.41. The maximum Gasteiger partial charge on any atom is 0.310 e. The molecule has 1 aromatic rings. The van der Waals surface area contributed by atoms with Gasteiger partial charge in [-0.15, -0.1) is 0 Å². The van der Waals surface area contributed by atoms with Crippen LogP contribution >= 0.6 is 0 Å². The third-order valence-corrected chi connectivity index (χ3v) is 8.41. The minimum absolute atomic E-state index is 0.0223. The van der Waals surface area contributed by atoms with Crippen molar-refractivity contribution in [2.24, 2.45) is 17.8 Å². The highest BCUT2D eigenvalue weighted by atomic mass is 16.7. The van der Waals surface area contributed by atoms with Crippen LogP contribution in [-0.4, -0.2) is 99.4 Å². The van der Waals surface area contributed by atoms with Crippen LogP contribution in [0, 0.1) is 17.8 Å². The Balaban J connectivity index is 1.35. The van der Waals surface area contributed by atoms with Gasteiger partial charge in [-0.25, -0.2) is 0 Å². The van der Waals surface area contributed by atoms with E-state index < -0.39 is 79.2 Å². The van der Waals surface area contributed by atoms with E-state index in [2.05, 4.69) is 0 Å². The SMILES string of the molecule is CC1=C2C(=O)C=C(COC3OC(CO)C(O)C(O)C3OC(=O)Cc3ccc(O)cc3)C2C2OC(=O)C(C)C2C(O)C1. The lowest BCUT2D eigenvalue weighted by molar-refractivity contribution is -0.302. The van der Waals surface area contributed by atoms with Crippen LogP contribution in [-0.2, 0) is 39.8 Å². The topological polar surface area (TPSA) is 189 Å². The molecule has 0 amide bonds. The Morgan fingerprint density at radius 3 is 2.49 bits per heavy atom. The number of ketones is 1. The summed E-state index contributed by atoms with van der Waals surface area (Å²) in [6, 6.07) is 5.87. The number of benzene rings is 1. The molecule has 2 heterocycles. The monoisotopic (exact) mass is 574 g/mol. The van der Waals surface area contributed by atoms with Crippen LogP contribution in [0.1, 0.15) is 25.8 Å². The molecule has 2 aliphatic carbocycles. The van der Waals surface area contributed by atoms with Gasteiger partial charge in [-0.3, -0.25) is 14.4 Å². The van der Waals surface area contributed by atoms with Gasteiger partial charge >= 0.3 is 11.9 Å². The molecule has 2 fully saturated rings. The third-order valence-electron chi connectivity index (χ3n) is 8.41. The number of aliphatic hydroxyl groups excluding tert-OH is 4. The van der Waals surface area contributed by atoms with Crippen LogP contribution in [0.25, 0.3) is 0 Å². The fourth-order valence-corrected chi connectivity index (χ4v) is 6.29. The van der Waals surface area contributed by atoms with E-state index in [0.29, 0.717) is 22.3 Å². The molecular weight excluding hydrogens is 540 g/mol. The number of aromatic hydroxyl groups is 1. The number of rotatable bonds is 7. The minimum Gasteiger partial charge on any atom is -0.508 e. The van der Waals surface area contributed by atoms with Gasteiger partial charge in [-0.1, -0.05) is 24.6 Å². The second kappa shape index (κ2) is 11.6. The van der Waals surface area contributed by atoms with E-state index in [4.69, 9.17) is 18.9 Å². The Hall–Kier alpha value is -3.13. The number of carbonyl (C=O) groups excluding carboxylic acids is 3. The fourth-order valence-electron chi connectivity index (χ4n) is 6.29. The van der Waals surface area contributed by atoms with Crippen molar-refractivity contribution in [3.8, 4) is 5.75 Å². The summed E-state index contributed by atoms with van der Waals surface area (Å²) >= 11 is 0. The van der Waals surface area contributed by atoms with Gasteiger partial charge in [0.15, 0.2) is 18.2 Å². The largest absolute Gasteiger partial charge is 0.508 e. The van der Waals surface area contributed by atoms with Gasteiger partial charge in [0.2, 0.25) is 0 Å². The number of hydrogen-bond acceptors (Lipinski definition) is 12. The molecule has 12 heteroatoms. The first kappa shape index (κ1) is 29.4. The average Bonchev–Trinajstić information content (AvgIpc) is 3.38. The van der Waals surface area contributed by atoms with Gasteiger partial charge in [0.1, 0.15) is 30.2 Å². The van der Waals surface area contributed by atoms with E-state index in [1.807, 2.05) is 0 Å². The van der Waals surface area contributed by atoms with E-state index in [-0.39, 0.29) is 31.0 Å². The molecule has 0 saturated carbocycles. The summed E-state index contributed by atoms with van der Waals surface area (Å²) in [5, 5.41) is 51.2. The van der Waals surface area contributed by atoms with Crippen molar-refractivity contribution in [1.82, 2.24) is 0 Å². The summed E-state index contributed by atoms with van der Waals surface area (Å²) in [7, 11) is 0. The molecule has 4 aliphatic rings. The van der Waals surface area contributed by atoms with Crippen LogP contribution in [0.15, 0.2) is 47.1 Å². The summed E-state index contributed by atoms with van der Waals surface area (Å²) in [4.78, 5) is 38.2. The molecule has 0 radical (unpaired) electrons. The number of hydrogen-bond donors (Lipinski definition) is 5. The lowest BCUT2D eigenvalue weighted by atomic mass is 9.79. The average molecular weight is 575 g/mol. The molecule has 0 bridgehead atoms. The zero-order chi connectivity index (χ0) is 29.6. The highest BCUT2D eigenvalue weighted by Gasteiger charge is 2.55. The highest BCUT2D eigenvalue weighted by molar-refractivity contribution is 6.09. The normalized spacial score (nSPS) is 36.8. The van der Waals surface area contributed by atoms with Crippen LogP contribution in [0.3, 0.4) is 0 Å². The standard InChI is InChI=1S/C29H34O12/c1-12-7-17(32)22-13(2)28(37)41-26(22)23-15(9-18(33)21(12)23)11-38-29-27(25(36)24(35)19(10-30)39-29)40-20(34)8-14-3-5-16(31)6-4-14/h3-6,9,13,17,19,22-27,29-32,35-36H,7-8,10-11H2,1-2H3. The highest BCUT2D eigenvalue weighted by Crippen LogP contribution is 2.48. The van der Waals surface area contributed by atoms with Crippen molar-refractivity contribution in [1.29, 1.82) is 0 Å². The number of aliphatic hydroxyl groups is 4. The van der Waals surface area contributed by atoms with Crippen molar-refractivity contribution >= 4 is 17.7 Å². The van der Waals surface area contributed by atoms with Crippen LogP contribution in [0.5, 0.6) is 5.75 Å². The van der Waals surface area contributed by atoms with Gasteiger partial charge in [0.05, 0.1) is 31.7 Å². The zero-order valence-corrected chi connectivity index (χ0v) is 22.6. The van der Waals surface area contributed by atoms with E-state index in [1.54, 1.807) is 13.8 Å². The number of carbonyl (C=O) groups is 3. The summed E-state index contributed by atoms with van der Waals surface area (Å²) < 4.78 is 22.7. The number of phenolic OH excluding ortho intramolecular Hbond substituents is 1. The molecule has 0 aromatic heterocycles.